The summed E-state index contributed by atoms with van der Waals surface area (Å²) in [5.74, 6) is -0.318. The second-order valence-electron chi connectivity index (χ2n) is 4.86. The van der Waals surface area contributed by atoms with Crippen LogP contribution in [-0.2, 0) is 11.2 Å². The van der Waals surface area contributed by atoms with Crippen LogP contribution < -0.4 is 11.1 Å². The van der Waals surface area contributed by atoms with E-state index in [9.17, 15) is 4.79 Å². The Balaban J connectivity index is 2.58. The molecule has 2 unspecified atom stereocenters. The van der Waals surface area contributed by atoms with Crippen LogP contribution in [0.4, 0.5) is 0 Å². The molecule has 1 aromatic carbocycles. The Morgan fingerprint density at radius 2 is 1.89 bits per heavy atom. The third-order valence-electron chi connectivity index (χ3n) is 3.23. The number of hydrogen-bond donors (Lipinski definition) is 2. The number of nitrogens with two attached hydrogens (primary N) is 1. The van der Waals surface area contributed by atoms with Crippen LogP contribution in [0.1, 0.15) is 50.8 Å². The number of unbranched alkanes of at least 4 members (excludes halogenated alkanes) is 1. The summed E-state index contributed by atoms with van der Waals surface area (Å²) in [6.45, 7) is 6.03. The first-order chi connectivity index (χ1) is 8.54. The van der Waals surface area contributed by atoms with Crippen LogP contribution >= 0.6 is 0 Å². The Morgan fingerprint density at radius 1 is 1.28 bits per heavy atom. The minimum Gasteiger partial charge on any atom is -0.368 e. The fourth-order valence-electron chi connectivity index (χ4n) is 1.91. The molecule has 3 N–H and O–H groups in total. The molecule has 1 amide bonds. The number of primary amides is 1. The van der Waals surface area contributed by atoms with Crippen molar-refractivity contribution in [3.63, 3.8) is 0 Å². The predicted molar refractivity (Wildman–Crippen MR) is 75.3 cm³/mol. The van der Waals surface area contributed by atoms with E-state index in [1.807, 2.05) is 6.92 Å². The van der Waals surface area contributed by atoms with Crippen molar-refractivity contribution in [1.82, 2.24) is 5.32 Å². The van der Waals surface area contributed by atoms with Crippen LogP contribution in [0.15, 0.2) is 24.3 Å². The zero-order chi connectivity index (χ0) is 13.5. The Morgan fingerprint density at radius 3 is 2.39 bits per heavy atom. The summed E-state index contributed by atoms with van der Waals surface area (Å²) in [5, 5.41) is 3.18. The molecule has 3 nitrogen and oxygen atoms in total. The molecule has 0 spiro atoms. The molecule has 0 saturated heterocycles. The van der Waals surface area contributed by atoms with Gasteiger partial charge in [-0.15, -0.1) is 0 Å². The van der Waals surface area contributed by atoms with Crippen LogP contribution in [0, 0.1) is 0 Å². The first-order valence-electron chi connectivity index (χ1n) is 6.68. The van der Waals surface area contributed by atoms with Gasteiger partial charge >= 0.3 is 0 Å². The summed E-state index contributed by atoms with van der Waals surface area (Å²) in [7, 11) is 0. The van der Waals surface area contributed by atoms with Gasteiger partial charge in [0.2, 0.25) is 5.91 Å². The molecule has 0 saturated carbocycles. The van der Waals surface area contributed by atoms with Gasteiger partial charge in [-0.3, -0.25) is 10.1 Å². The van der Waals surface area contributed by atoms with Crippen molar-refractivity contribution in [3.05, 3.63) is 35.4 Å². The minimum absolute atomic E-state index is 0.132. The monoisotopic (exact) mass is 248 g/mol. The first kappa shape index (κ1) is 14.7. The predicted octanol–water partition coefficient (Wildman–Crippen LogP) is 2.55. The third kappa shape index (κ3) is 4.49. The lowest BCUT2D eigenvalue weighted by Gasteiger charge is -2.18. The van der Waals surface area contributed by atoms with E-state index in [-0.39, 0.29) is 18.0 Å². The average Bonchev–Trinajstić information content (AvgIpc) is 2.36. The number of carbonyl (C=O) groups excluding carboxylic acids is 1. The highest BCUT2D eigenvalue weighted by Gasteiger charge is 2.13. The SMILES string of the molecule is CCCCc1ccc(C(C)NC(C)C(N)=O)cc1. The molecule has 18 heavy (non-hydrogen) atoms. The standard InChI is InChI=1S/C15H24N2O/c1-4-5-6-13-7-9-14(10-8-13)11(2)17-12(3)15(16)18/h7-12,17H,4-6H2,1-3H3,(H2,16,18). The average molecular weight is 248 g/mol. The summed E-state index contributed by atoms with van der Waals surface area (Å²) in [6, 6.07) is 8.40. The zero-order valence-electron chi connectivity index (χ0n) is 11.6. The molecule has 1 rings (SSSR count). The van der Waals surface area contributed by atoms with Gasteiger partial charge < -0.3 is 5.73 Å². The number of rotatable bonds is 7. The van der Waals surface area contributed by atoms with E-state index in [4.69, 9.17) is 5.73 Å². The lowest BCUT2D eigenvalue weighted by Crippen LogP contribution is -2.39. The normalized spacial score (nSPS) is 14.2. The lowest BCUT2D eigenvalue weighted by molar-refractivity contribution is -0.119. The highest BCUT2D eigenvalue weighted by atomic mass is 16.1. The molecule has 0 fully saturated rings. The smallest absolute Gasteiger partial charge is 0.234 e. The lowest BCUT2D eigenvalue weighted by atomic mass is 10.0. The summed E-state index contributed by atoms with van der Waals surface area (Å²) in [5.41, 5.74) is 7.79. The number of amides is 1. The molecule has 0 aliphatic carbocycles. The van der Waals surface area contributed by atoms with Crippen molar-refractivity contribution in [2.75, 3.05) is 0 Å². The Labute approximate surface area is 110 Å². The zero-order valence-corrected chi connectivity index (χ0v) is 11.6. The number of aryl methyl sites for hydroxylation is 1. The van der Waals surface area contributed by atoms with Crippen molar-refractivity contribution < 1.29 is 4.79 Å². The van der Waals surface area contributed by atoms with E-state index in [1.165, 1.54) is 24.0 Å². The van der Waals surface area contributed by atoms with Gasteiger partial charge in [-0.05, 0) is 37.8 Å². The van der Waals surface area contributed by atoms with E-state index in [0.29, 0.717) is 0 Å². The van der Waals surface area contributed by atoms with Crippen LogP contribution in [0.25, 0.3) is 0 Å². The maximum absolute atomic E-state index is 11.0. The largest absolute Gasteiger partial charge is 0.368 e. The van der Waals surface area contributed by atoms with Crippen LogP contribution in [0.2, 0.25) is 0 Å². The summed E-state index contributed by atoms with van der Waals surface area (Å²) in [4.78, 5) is 11.0. The molecule has 0 aliphatic rings. The molecule has 0 heterocycles. The number of carbonyl (C=O) groups is 1. The highest BCUT2D eigenvalue weighted by Crippen LogP contribution is 2.15. The van der Waals surface area contributed by atoms with Crippen molar-refractivity contribution >= 4 is 5.91 Å². The fourth-order valence-corrected chi connectivity index (χ4v) is 1.91. The van der Waals surface area contributed by atoms with Gasteiger partial charge in [0.1, 0.15) is 0 Å². The Kier molecular flexibility index (Phi) is 5.86. The van der Waals surface area contributed by atoms with Crippen LogP contribution in [-0.4, -0.2) is 11.9 Å². The second kappa shape index (κ2) is 7.17. The van der Waals surface area contributed by atoms with E-state index in [1.54, 1.807) is 6.92 Å². The second-order valence-corrected chi connectivity index (χ2v) is 4.86. The third-order valence-corrected chi connectivity index (χ3v) is 3.23. The quantitative estimate of drug-likeness (QED) is 0.779. The molecular formula is C15H24N2O. The maximum Gasteiger partial charge on any atom is 0.234 e. The van der Waals surface area contributed by atoms with Crippen molar-refractivity contribution in [2.24, 2.45) is 5.73 Å². The molecule has 0 bridgehead atoms. The molecular weight excluding hydrogens is 224 g/mol. The molecule has 100 valence electrons. The van der Waals surface area contributed by atoms with Crippen LogP contribution in [0.5, 0.6) is 0 Å². The molecule has 2 atom stereocenters. The van der Waals surface area contributed by atoms with E-state index >= 15 is 0 Å². The molecule has 0 aromatic heterocycles. The molecule has 1 aromatic rings. The van der Waals surface area contributed by atoms with Gasteiger partial charge in [-0.2, -0.15) is 0 Å². The summed E-state index contributed by atoms with van der Waals surface area (Å²) >= 11 is 0. The number of hydrogen-bond acceptors (Lipinski definition) is 2. The molecule has 0 aliphatic heterocycles. The van der Waals surface area contributed by atoms with Crippen LogP contribution in [0.3, 0.4) is 0 Å². The topological polar surface area (TPSA) is 55.1 Å². The van der Waals surface area contributed by atoms with Gasteiger partial charge in [0.05, 0.1) is 6.04 Å². The van der Waals surface area contributed by atoms with Gasteiger partial charge in [0.25, 0.3) is 0 Å². The summed E-state index contributed by atoms with van der Waals surface area (Å²) < 4.78 is 0. The van der Waals surface area contributed by atoms with Gasteiger partial charge in [-0.1, -0.05) is 37.6 Å². The molecule has 0 radical (unpaired) electrons. The van der Waals surface area contributed by atoms with E-state index in [2.05, 4.69) is 36.5 Å². The minimum atomic E-state index is -0.318. The molecule has 3 heteroatoms. The fraction of sp³-hybridized carbons (Fsp3) is 0.533. The van der Waals surface area contributed by atoms with Crippen molar-refractivity contribution in [1.29, 1.82) is 0 Å². The maximum atomic E-state index is 11.0. The number of benzene rings is 1. The Bertz CT molecular complexity index is 373. The first-order valence-corrected chi connectivity index (χ1v) is 6.68. The van der Waals surface area contributed by atoms with Crippen molar-refractivity contribution in [2.45, 2.75) is 52.1 Å². The Hall–Kier alpha value is -1.35. The van der Waals surface area contributed by atoms with E-state index < -0.39 is 0 Å². The van der Waals surface area contributed by atoms with Crippen molar-refractivity contribution in [3.8, 4) is 0 Å². The van der Waals surface area contributed by atoms with E-state index in [0.717, 1.165) is 6.42 Å². The van der Waals surface area contributed by atoms with Gasteiger partial charge in [-0.25, -0.2) is 0 Å². The number of nitrogens with one attached hydrogen (secondary N) is 1. The summed E-state index contributed by atoms with van der Waals surface area (Å²) in [6.07, 6.45) is 3.58. The van der Waals surface area contributed by atoms with Gasteiger partial charge in [0.15, 0.2) is 0 Å². The highest BCUT2D eigenvalue weighted by molar-refractivity contribution is 5.79. The van der Waals surface area contributed by atoms with Gasteiger partial charge in [0, 0.05) is 6.04 Å².